The smallest absolute Gasteiger partial charge is 0.276 e. The second-order valence-corrected chi connectivity index (χ2v) is 8.19. The van der Waals surface area contributed by atoms with Crippen LogP contribution in [0.15, 0.2) is 28.4 Å². The Morgan fingerprint density at radius 2 is 2.10 bits per heavy atom. The number of methoxy groups -OCH3 is 1. The second-order valence-electron chi connectivity index (χ2n) is 7.01. The van der Waals surface area contributed by atoms with Crippen LogP contribution < -0.4 is 10.1 Å². The SMILES string of the molecule is CCCCN1C(=O)/C(=C\c2ccc(OC)c(Cn3nc(C)c(Br)c3C)c2)NC1=S. The van der Waals surface area contributed by atoms with Gasteiger partial charge < -0.3 is 10.1 Å². The molecule has 2 aromatic rings. The second kappa shape index (κ2) is 9.09. The zero-order chi connectivity index (χ0) is 21.1. The molecule has 1 amide bonds. The summed E-state index contributed by atoms with van der Waals surface area (Å²) >= 11 is 8.89. The molecule has 0 radical (unpaired) electrons. The first-order chi connectivity index (χ1) is 13.8. The van der Waals surface area contributed by atoms with E-state index in [4.69, 9.17) is 17.0 Å². The Morgan fingerprint density at radius 1 is 1.34 bits per heavy atom. The molecule has 0 spiro atoms. The molecule has 1 saturated heterocycles. The molecular formula is C21H25BrN4O2S. The first-order valence-electron chi connectivity index (χ1n) is 9.56. The lowest BCUT2D eigenvalue weighted by molar-refractivity contribution is -0.122. The summed E-state index contributed by atoms with van der Waals surface area (Å²) in [5, 5.41) is 8.09. The Bertz CT molecular complexity index is 983. The van der Waals surface area contributed by atoms with Gasteiger partial charge in [0.1, 0.15) is 11.4 Å². The maximum absolute atomic E-state index is 12.7. The number of ether oxygens (including phenoxy) is 1. The highest BCUT2D eigenvalue weighted by molar-refractivity contribution is 9.10. The van der Waals surface area contributed by atoms with Crippen LogP contribution in [0.1, 0.15) is 42.3 Å². The minimum Gasteiger partial charge on any atom is -0.496 e. The molecule has 1 fully saturated rings. The number of nitrogens with one attached hydrogen (secondary N) is 1. The first kappa shape index (κ1) is 21.5. The molecule has 0 unspecified atom stereocenters. The van der Waals surface area contributed by atoms with Gasteiger partial charge in [-0.25, -0.2) is 0 Å². The number of carbonyl (C=O) groups excluding carboxylic acids is 1. The number of unbranched alkanes of at least 4 members (excludes halogenated alkanes) is 1. The Morgan fingerprint density at radius 3 is 2.72 bits per heavy atom. The van der Waals surface area contributed by atoms with E-state index in [0.29, 0.717) is 23.9 Å². The van der Waals surface area contributed by atoms with Crippen LogP contribution in [-0.4, -0.2) is 39.4 Å². The van der Waals surface area contributed by atoms with Crippen molar-refractivity contribution >= 4 is 45.2 Å². The van der Waals surface area contributed by atoms with Crippen molar-refractivity contribution < 1.29 is 9.53 Å². The summed E-state index contributed by atoms with van der Waals surface area (Å²) in [6.07, 6.45) is 3.77. The fraction of sp³-hybridized carbons (Fsp3) is 0.381. The van der Waals surface area contributed by atoms with E-state index in [1.807, 2.05) is 42.8 Å². The van der Waals surface area contributed by atoms with E-state index < -0.39 is 0 Å². The number of amides is 1. The van der Waals surface area contributed by atoms with Gasteiger partial charge in [-0.15, -0.1) is 0 Å². The molecule has 0 saturated carbocycles. The third-order valence-corrected chi connectivity index (χ3v) is 6.40. The summed E-state index contributed by atoms with van der Waals surface area (Å²) in [5.74, 6) is 0.699. The van der Waals surface area contributed by atoms with Crippen molar-refractivity contribution in [2.75, 3.05) is 13.7 Å². The average molecular weight is 477 g/mol. The third-order valence-electron chi connectivity index (χ3n) is 4.93. The first-order valence-corrected chi connectivity index (χ1v) is 10.8. The van der Waals surface area contributed by atoms with Crippen LogP contribution in [0.2, 0.25) is 0 Å². The quantitative estimate of drug-likeness (QED) is 0.479. The molecule has 1 N–H and O–H groups in total. The Labute approximate surface area is 185 Å². The molecule has 2 heterocycles. The molecule has 8 heteroatoms. The van der Waals surface area contributed by atoms with Crippen LogP contribution in [0.4, 0.5) is 0 Å². The van der Waals surface area contributed by atoms with E-state index in [1.54, 1.807) is 12.0 Å². The van der Waals surface area contributed by atoms with Gasteiger partial charge in [0.05, 0.1) is 29.5 Å². The maximum Gasteiger partial charge on any atom is 0.276 e. The maximum atomic E-state index is 12.7. The molecule has 6 nitrogen and oxygen atoms in total. The number of aromatic nitrogens is 2. The Hall–Kier alpha value is -2.19. The monoisotopic (exact) mass is 476 g/mol. The van der Waals surface area contributed by atoms with Gasteiger partial charge >= 0.3 is 0 Å². The normalized spacial score (nSPS) is 15.3. The average Bonchev–Trinajstić information content (AvgIpc) is 3.10. The molecule has 0 bridgehead atoms. The standard InChI is InChI=1S/C21H25BrN4O2S/c1-5-6-9-25-20(27)17(23-21(25)29)11-15-7-8-18(28-4)16(10-15)12-26-14(3)19(22)13(2)24-26/h7-8,10-11H,5-6,9,12H2,1-4H3,(H,23,29)/b17-11+. The Balaban J connectivity index is 1.89. The zero-order valence-corrected chi connectivity index (χ0v) is 19.5. The molecule has 1 aromatic carbocycles. The number of rotatable bonds is 7. The predicted octanol–water partition coefficient (Wildman–Crippen LogP) is 4.18. The number of aryl methyl sites for hydroxylation is 1. The van der Waals surface area contributed by atoms with Crippen molar-refractivity contribution in [2.24, 2.45) is 0 Å². The van der Waals surface area contributed by atoms with Crippen molar-refractivity contribution in [1.82, 2.24) is 20.0 Å². The summed E-state index contributed by atoms with van der Waals surface area (Å²) in [7, 11) is 1.65. The Kier molecular flexibility index (Phi) is 6.74. The minimum atomic E-state index is -0.0803. The van der Waals surface area contributed by atoms with Gasteiger partial charge in [-0.05, 0) is 72.2 Å². The van der Waals surface area contributed by atoms with E-state index in [1.165, 1.54) is 0 Å². The van der Waals surface area contributed by atoms with Crippen molar-refractivity contribution in [3.05, 3.63) is 50.9 Å². The third kappa shape index (κ3) is 4.53. The van der Waals surface area contributed by atoms with E-state index in [2.05, 4.69) is 33.3 Å². The van der Waals surface area contributed by atoms with Crippen molar-refractivity contribution in [1.29, 1.82) is 0 Å². The van der Waals surface area contributed by atoms with Crippen LogP contribution in [0.25, 0.3) is 6.08 Å². The van der Waals surface area contributed by atoms with Gasteiger partial charge in [0, 0.05) is 12.1 Å². The van der Waals surface area contributed by atoms with Crippen molar-refractivity contribution in [3.63, 3.8) is 0 Å². The number of hydrogen-bond donors (Lipinski definition) is 1. The summed E-state index contributed by atoms with van der Waals surface area (Å²) < 4.78 is 8.48. The summed E-state index contributed by atoms with van der Waals surface area (Å²) in [6.45, 7) is 7.29. The lowest BCUT2D eigenvalue weighted by Crippen LogP contribution is -2.31. The van der Waals surface area contributed by atoms with E-state index >= 15 is 0 Å². The van der Waals surface area contributed by atoms with E-state index in [0.717, 1.165) is 45.6 Å². The molecule has 29 heavy (non-hydrogen) atoms. The van der Waals surface area contributed by atoms with Gasteiger partial charge in [-0.1, -0.05) is 19.4 Å². The highest BCUT2D eigenvalue weighted by Crippen LogP contribution is 2.26. The van der Waals surface area contributed by atoms with Gasteiger partial charge in [0.15, 0.2) is 5.11 Å². The number of halogens is 1. The van der Waals surface area contributed by atoms with Gasteiger partial charge in [-0.2, -0.15) is 5.10 Å². The lowest BCUT2D eigenvalue weighted by atomic mass is 10.1. The highest BCUT2D eigenvalue weighted by atomic mass is 79.9. The molecule has 3 rings (SSSR count). The molecule has 1 aliphatic rings. The number of nitrogens with zero attached hydrogens (tertiary/aromatic N) is 3. The van der Waals surface area contributed by atoms with Crippen LogP contribution in [0.5, 0.6) is 5.75 Å². The summed E-state index contributed by atoms with van der Waals surface area (Å²) in [5.41, 5.74) is 4.38. The zero-order valence-electron chi connectivity index (χ0n) is 17.1. The van der Waals surface area contributed by atoms with E-state index in [9.17, 15) is 4.79 Å². The molecule has 0 atom stereocenters. The molecular weight excluding hydrogens is 452 g/mol. The lowest BCUT2D eigenvalue weighted by Gasteiger charge is -2.12. The van der Waals surface area contributed by atoms with Crippen molar-refractivity contribution in [2.45, 2.75) is 40.2 Å². The van der Waals surface area contributed by atoms with Crippen molar-refractivity contribution in [3.8, 4) is 5.75 Å². The number of thiocarbonyl (C=S) groups is 1. The number of hydrogen-bond acceptors (Lipinski definition) is 4. The fourth-order valence-corrected chi connectivity index (χ4v) is 3.83. The topological polar surface area (TPSA) is 59.4 Å². The van der Waals surface area contributed by atoms with Crippen LogP contribution >= 0.6 is 28.1 Å². The molecule has 1 aromatic heterocycles. The van der Waals surface area contributed by atoms with Crippen LogP contribution in [0.3, 0.4) is 0 Å². The predicted molar refractivity (Wildman–Crippen MR) is 122 cm³/mol. The molecule has 154 valence electrons. The largest absolute Gasteiger partial charge is 0.496 e. The van der Waals surface area contributed by atoms with E-state index in [-0.39, 0.29) is 5.91 Å². The summed E-state index contributed by atoms with van der Waals surface area (Å²) in [6, 6.07) is 5.86. The number of carbonyl (C=O) groups is 1. The number of benzene rings is 1. The van der Waals surface area contributed by atoms with Gasteiger partial charge in [0.2, 0.25) is 0 Å². The van der Waals surface area contributed by atoms with Gasteiger partial charge in [-0.3, -0.25) is 14.4 Å². The highest BCUT2D eigenvalue weighted by Gasteiger charge is 2.29. The molecule has 1 aliphatic heterocycles. The fourth-order valence-electron chi connectivity index (χ4n) is 3.26. The summed E-state index contributed by atoms with van der Waals surface area (Å²) in [4.78, 5) is 14.3. The minimum absolute atomic E-state index is 0.0803. The van der Waals surface area contributed by atoms with Crippen LogP contribution in [-0.2, 0) is 11.3 Å². The van der Waals surface area contributed by atoms with Gasteiger partial charge in [0.25, 0.3) is 5.91 Å². The molecule has 0 aliphatic carbocycles. The van der Waals surface area contributed by atoms with Crippen LogP contribution in [0, 0.1) is 13.8 Å².